The molecule has 0 amide bonds. The molecule has 0 aromatic heterocycles. The van der Waals surface area contributed by atoms with Gasteiger partial charge in [0.25, 0.3) is 0 Å². The highest BCUT2D eigenvalue weighted by atomic mass is 32.2. The minimum Gasteiger partial charge on any atom is -0.370 e. The molecule has 1 rings (SSSR count). The maximum absolute atomic E-state index is 10.4. The molecule has 0 aromatic carbocycles. The Morgan fingerprint density at radius 2 is 2.30 bits per heavy atom. The highest BCUT2D eigenvalue weighted by molar-refractivity contribution is 7.89. The molecule has 56 valence electrons. The van der Waals surface area contributed by atoms with Gasteiger partial charge in [0.2, 0.25) is 0 Å². The number of rotatable bonds is 1. The second kappa shape index (κ2) is 2.43. The van der Waals surface area contributed by atoms with E-state index in [1.807, 2.05) is 0 Å². The first kappa shape index (κ1) is 7.30. The molecule has 0 radical (unpaired) electrons. The summed E-state index contributed by atoms with van der Waals surface area (Å²) >= 11 is 0. The Morgan fingerprint density at radius 1 is 1.60 bits per heavy atom. The molecule has 10 heavy (non-hydrogen) atoms. The lowest BCUT2D eigenvalue weighted by atomic mass is 10.4. The fraction of sp³-hybridized carbons (Fsp3) is 0.200. The van der Waals surface area contributed by atoms with Crippen molar-refractivity contribution in [1.82, 2.24) is 5.32 Å². The zero-order valence-electron chi connectivity index (χ0n) is 5.11. The van der Waals surface area contributed by atoms with E-state index in [4.69, 9.17) is 4.55 Å². The van der Waals surface area contributed by atoms with Crippen LogP contribution in [0.2, 0.25) is 0 Å². The van der Waals surface area contributed by atoms with Gasteiger partial charge in [-0.25, -0.2) is 0 Å². The van der Waals surface area contributed by atoms with E-state index in [-0.39, 0.29) is 5.03 Å². The van der Waals surface area contributed by atoms with Crippen molar-refractivity contribution in [2.45, 2.75) is 0 Å². The molecule has 0 atom stereocenters. The van der Waals surface area contributed by atoms with Gasteiger partial charge in [-0.2, -0.15) is 8.42 Å². The number of allylic oxidation sites excluding steroid dienone is 2. The summed E-state index contributed by atoms with van der Waals surface area (Å²) in [5.41, 5.74) is 0. The smallest absolute Gasteiger partial charge is 0.309 e. The van der Waals surface area contributed by atoms with Crippen LogP contribution in [0.3, 0.4) is 0 Å². The predicted octanol–water partition coefficient (Wildman–Crippen LogP) is -0.125. The Bertz CT molecular complexity index is 275. The van der Waals surface area contributed by atoms with Crippen LogP contribution in [-0.2, 0) is 10.1 Å². The van der Waals surface area contributed by atoms with Crippen molar-refractivity contribution >= 4 is 10.1 Å². The van der Waals surface area contributed by atoms with E-state index in [1.165, 1.54) is 6.08 Å². The highest BCUT2D eigenvalue weighted by Crippen LogP contribution is 2.02. The van der Waals surface area contributed by atoms with Crippen LogP contribution >= 0.6 is 0 Å². The standard InChI is InChI=1S/C5H7NO3S/c7-10(8,9)5-3-1-2-4-6-5/h1-3,6H,4H2,(H,7,8,9). The van der Waals surface area contributed by atoms with Gasteiger partial charge in [-0.3, -0.25) is 4.55 Å². The number of hydrogen-bond donors (Lipinski definition) is 2. The average molecular weight is 161 g/mol. The third-order valence-electron chi connectivity index (χ3n) is 1.06. The van der Waals surface area contributed by atoms with Gasteiger partial charge in [-0.1, -0.05) is 12.2 Å². The fourth-order valence-corrected chi connectivity index (χ4v) is 1.14. The molecular formula is C5H7NO3S. The Kier molecular flexibility index (Phi) is 1.78. The number of dihydropyridines is 1. The van der Waals surface area contributed by atoms with Crippen molar-refractivity contribution in [2.24, 2.45) is 0 Å². The molecule has 4 nitrogen and oxygen atoms in total. The molecule has 1 heterocycles. The van der Waals surface area contributed by atoms with Crippen LogP contribution in [-0.4, -0.2) is 19.5 Å². The Hall–Kier alpha value is -0.810. The summed E-state index contributed by atoms with van der Waals surface area (Å²) < 4.78 is 29.2. The third-order valence-corrected chi connectivity index (χ3v) is 1.89. The molecule has 1 aliphatic heterocycles. The molecule has 5 heteroatoms. The average Bonchev–Trinajstić information content (AvgIpc) is 1.88. The van der Waals surface area contributed by atoms with Gasteiger partial charge in [0.15, 0.2) is 5.03 Å². The summed E-state index contributed by atoms with van der Waals surface area (Å²) in [7, 11) is -4.03. The van der Waals surface area contributed by atoms with Crippen molar-refractivity contribution in [3.63, 3.8) is 0 Å². The van der Waals surface area contributed by atoms with E-state index in [9.17, 15) is 8.42 Å². The number of hydrogen-bond acceptors (Lipinski definition) is 3. The Balaban J connectivity index is 2.93. The highest BCUT2D eigenvalue weighted by Gasteiger charge is 2.12. The molecule has 0 aliphatic carbocycles. The van der Waals surface area contributed by atoms with E-state index in [2.05, 4.69) is 5.32 Å². The zero-order valence-corrected chi connectivity index (χ0v) is 5.93. The molecule has 0 unspecified atom stereocenters. The summed E-state index contributed by atoms with van der Waals surface area (Å²) in [6.45, 7) is 0.436. The van der Waals surface area contributed by atoms with Gasteiger partial charge in [0.05, 0.1) is 0 Å². The lowest BCUT2D eigenvalue weighted by Gasteiger charge is -2.07. The van der Waals surface area contributed by atoms with Gasteiger partial charge < -0.3 is 5.32 Å². The van der Waals surface area contributed by atoms with Gasteiger partial charge in [0, 0.05) is 6.54 Å². The van der Waals surface area contributed by atoms with Crippen LogP contribution in [0.4, 0.5) is 0 Å². The fourth-order valence-electron chi connectivity index (χ4n) is 0.619. The first-order chi connectivity index (χ1) is 4.61. The van der Waals surface area contributed by atoms with Crippen LogP contribution in [0.15, 0.2) is 23.3 Å². The lowest BCUT2D eigenvalue weighted by Crippen LogP contribution is -2.21. The van der Waals surface area contributed by atoms with Gasteiger partial charge in [0.1, 0.15) is 0 Å². The molecule has 2 N–H and O–H groups in total. The van der Waals surface area contributed by atoms with Crippen molar-refractivity contribution in [1.29, 1.82) is 0 Å². The van der Waals surface area contributed by atoms with E-state index in [0.717, 1.165) is 0 Å². The SMILES string of the molecule is O=S(=O)(O)C1=CC=CCN1. The predicted molar refractivity (Wildman–Crippen MR) is 36.8 cm³/mol. The lowest BCUT2D eigenvalue weighted by molar-refractivity contribution is 0.487. The van der Waals surface area contributed by atoms with Crippen LogP contribution in [0.5, 0.6) is 0 Å². The maximum atomic E-state index is 10.4. The molecule has 0 bridgehead atoms. The largest absolute Gasteiger partial charge is 0.370 e. The maximum Gasteiger partial charge on any atom is 0.309 e. The molecule has 0 saturated heterocycles. The van der Waals surface area contributed by atoms with Gasteiger partial charge in [-0.15, -0.1) is 0 Å². The van der Waals surface area contributed by atoms with Crippen molar-refractivity contribution < 1.29 is 13.0 Å². The molecule has 0 aromatic rings. The van der Waals surface area contributed by atoms with Crippen LogP contribution in [0, 0.1) is 0 Å². The number of nitrogens with one attached hydrogen (secondary N) is 1. The summed E-state index contributed by atoms with van der Waals surface area (Å²) in [6, 6.07) is 0. The van der Waals surface area contributed by atoms with Crippen LogP contribution in [0.1, 0.15) is 0 Å². The van der Waals surface area contributed by atoms with E-state index >= 15 is 0 Å². The molecular weight excluding hydrogens is 154 g/mol. The molecule has 0 spiro atoms. The molecule has 1 aliphatic rings. The van der Waals surface area contributed by atoms with Gasteiger partial charge >= 0.3 is 10.1 Å². The summed E-state index contributed by atoms with van der Waals surface area (Å²) in [5.74, 6) is 0. The van der Waals surface area contributed by atoms with Gasteiger partial charge in [-0.05, 0) is 6.08 Å². The first-order valence-corrected chi connectivity index (χ1v) is 4.13. The van der Waals surface area contributed by atoms with Crippen LogP contribution in [0.25, 0.3) is 0 Å². The van der Waals surface area contributed by atoms with E-state index in [1.54, 1.807) is 12.2 Å². The summed E-state index contributed by atoms with van der Waals surface area (Å²) in [4.78, 5) is 0. The summed E-state index contributed by atoms with van der Waals surface area (Å²) in [5, 5.41) is 2.35. The quantitative estimate of drug-likeness (QED) is 0.526. The van der Waals surface area contributed by atoms with E-state index in [0.29, 0.717) is 6.54 Å². The zero-order chi connectivity index (χ0) is 7.61. The normalized spacial score (nSPS) is 17.9. The second-order valence-corrected chi connectivity index (χ2v) is 3.20. The van der Waals surface area contributed by atoms with Crippen molar-refractivity contribution in [2.75, 3.05) is 6.54 Å². The molecule has 0 fully saturated rings. The van der Waals surface area contributed by atoms with Crippen molar-refractivity contribution in [3.05, 3.63) is 23.3 Å². The Labute approximate surface area is 59.0 Å². The van der Waals surface area contributed by atoms with Crippen LogP contribution < -0.4 is 5.32 Å². The third kappa shape index (κ3) is 1.58. The minimum atomic E-state index is -4.03. The monoisotopic (exact) mass is 161 g/mol. The molecule has 0 saturated carbocycles. The first-order valence-electron chi connectivity index (χ1n) is 2.69. The summed E-state index contributed by atoms with van der Waals surface area (Å²) in [6.07, 6.45) is 4.62. The van der Waals surface area contributed by atoms with E-state index < -0.39 is 10.1 Å². The van der Waals surface area contributed by atoms with Crippen molar-refractivity contribution in [3.8, 4) is 0 Å². The Morgan fingerprint density at radius 3 is 2.60 bits per heavy atom. The topological polar surface area (TPSA) is 66.4 Å². The second-order valence-electron chi connectivity index (χ2n) is 1.82. The minimum absolute atomic E-state index is 0.144.